The highest BCUT2D eigenvalue weighted by Gasteiger charge is 2.43. The number of aromatic hydroxyl groups is 4. The summed E-state index contributed by atoms with van der Waals surface area (Å²) in [5.41, 5.74) is 2.90. The molecule has 12 nitrogen and oxygen atoms in total. The van der Waals surface area contributed by atoms with Gasteiger partial charge in [-0.1, -0.05) is 191 Å². The molecular weight excluding hydrogens is 1370 g/mol. The number of benzene rings is 4. The van der Waals surface area contributed by atoms with Gasteiger partial charge in [0.1, 0.15) is 45.4 Å². The molecule has 0 saturated heterocycles. The van der Waals surface area contributed by atoms with E-state index in [4.69, 9.17) is 39.4 Å². The van der Waals surface area contributed by atoms with Gasteiger partial charge in [0, 0.05) is 0 Å². The number of phenols is 4. The average molecular weight is 1530 g/mol. The quantitative estimate of drug-likeness (QED) is 0.0385. The molecular formula is C98H164O12. The van der Waals surface area contributed by atoms with Crippen LogP contribution in [0.3, 0.4) is 0 Å². The van der Waals surface area contributed by atoms with E-state index in [0.29, 0.717) is 58.5 Å². The molecule has 0 amide bonds. The highest BCUT2D eigenvalue weighted by molar-refractivity contribution is 5.77. The fraction of sp³-hybridized carbons (Fsp3) is 0.714. The van der Waals surface area contributed by atoms with Crippen LogP contribution in [0.2, 0.25) is 0 Å². The van der Waals surface area contributed by atoms with E-state index in [1.807, 2.05) is 132 Å². The highest BCUT2D eigenvalue weighted by Crippen LogP contribution is 2.42. The summed E-state index contributed by atoms with van der Waals surface area (Å²) in [5.74, 6) is 5.51. The zero-order valence-corrected chi connectivity index (χ0v) is 75.1. The summed E-state index contributed by atoms with van der Waals surface area (Å²) >= 11 is 0. The average Bonchev–Trinajstić information content (AvgIpc) is 1.23. The topological polar surface area (TPSA) is 186 Å². The van der Waals surface area contributed by atoms with Crippen LogP contribution in [-0.4, -0.2) is 66.7 Å². The number of rotatable bonds is 24. The maximum atomic E-state index is 12.2. The second kappa shape index (κ2) is 49.6. The number of hydrogen-bond acceptors (Lipinski definition) is 12. The summed E-state index contributed by atoms with van der Waals surface area (Å²) in [4.78, 5) is 48.4. The SMILES string of the molecule is CCC(C)(C)C(=O)OC(C)(C)C1CCC(C)CC1.CCC(C)(C)C(=O)OC(C)(C)C1CCCCC1.CCC(C)c1ccc(O)cc1.CCC(C)c1ccc(O)cc1.CCC(C)c1ccc(O)cc1.CCC(C)c1ccc(O)cc1.CCC1(OC(=O)C(C)(C)CC)CCCC1.CCC1(OC(=O)C(C)(C)CC)CCCCC1. The molecule has 12 heteroatoms. The van der Waals surface area contributed by atoms with Crippen molar-refractivity contribution in [2.24, 2.45) is 39.4 Å². The Morgan fingerprint density at radius 1 is 0.336 bits per heavy atom. The number of esters is 4. The van der Waals surface area contributed by atoms with Crippen LogP contribution in [0.25, 0.3) is 0 Å². The number of carbonyl (C=O) groups excluding carboxylic acids is 4. The second-order valence-corrected chi connectivity index (χ2v) is 36.5. The molecule has 4 fully saturated rings. The van der Waals surface area contributed by atoms with Gasteiger partial charge in [0.25, 0.3) is 0 Å². The van der Waals surface area contributed by atoms with Crippen LogP contribution in [0.1, 0.15) is 413 Å². The molecule has 0 heterocycles. The van der Waals surface area contributed by atoms with Gasteiger partial charge in [-0.25, -0.2) is 0 Å². The van der Waals surface area contributed by atoms with E-state index in [1.54, 1.807) is 48.5 Å². The minimum atomic E-state index is -0.362. The zero-order valence-electron chi connectivity index (χ0n) is 75.1. The van der Waals surface area contributed by atoms with Crippen molar-refractivity contribution in [2.75, 3.05) is 0 Å². The molecule has 4 aliphatic carbocycles. The third-order valence-electron chi connectivity index (χ3n) is 25.5. The van der Waals surface area contributed by atoms with Crippen molar-refractivity contribution in [2.45, 2.75) is 413 Å². The summed E-state index contributed by atoms with van der Waals surface area (Å²) in [7, 11) is 0. The number of carbonyl (C=O) groups is 4. The van der Waals surface area contributed by atoms with Crippen molar-refractivity contribution in [3.63, 3.8) is 0 Å². The number of hydrogen-bond donors (Lipinski definition) is 4. The molecule has 0 radical (unpaired) electrons. The molecule has 4 N–H and O–H groups in total. The molecule has 4 saturated carbocycles. The van der Waals surface area contributed by atoms with Gasteiger partial charge in [-0.2, -0.15) is 0 Å². The number of phenolic OH excluding ortho intramolecular Hbond substituents is 4. The molecule has 4 aromatic rings. The largest absolute Gasteiger partial charge is 0.508 e. The Labute approximate surface area is 673 Å². The minimum Gasteiger partial charge on any atom is -0.508 e. The third kappa shape index (κ3) is 36.4. The standard InChI is InChI=1S/C16H30O2.C15H28O2.C14H26O2.C13H24O2.4C10H14O/c1-7-15(3,4)14(17)18-16(5,6)13-10-8-12(2)9-11-13;1-6-14(2,3)13(16)17-15(4,5)12-10-8-7-9-11-12;1-5-13(3,4)12(15)16-14(6-2)10-8-7-9-11-14;1-5-12(3,4)11(14)15-13(6-2)9-7-8-10-13;4*1-3-8(2)9-4-6-10(11)7-5-9/h12-13H,7-11H2,1-6H3;12H,6-11H2,1-5H3;5-11H2,1-4H3;5-10H2,1-4H3;4*4-8,11H,3H2,1-2H3. The Balaban J connectivity index is 0.000000633. The molecule has 0 aromatic heterocycles. The van der Waals surface area contributed by atoms with Gasteiger partial charge in [0.05, 0.1) is 21.7 Å². The monoisotopic (exact) mass is 1530 g/mol. The van der Waals surface area contributed by atoms with Crippen LogP contribution < -0.4 is 0 Å². The predicted octanol–water partition coefficient (Wildman–Crippen LogP) is 28.3. The molecule has 8 rings (SSSR count). The maximum Gasteiger partial charge on any atom is 0.312 e. The lowest BCUT2D eigenvalue weighted by Gasteiger charge is -2.39. The minimum absolute atomic E-state index is 0.0150. The summed E-state index contributed by atoms with van der Waals surface area (Å²) in [5, 5.41) is 36.0. The van der Waals surface area contributed by atoms with Gasteiger partial charge in [0.2, 0.25) is 0 Å². The molecule has 628 valence electrons. The van der Waals surface area contributed by atoms with E-state index in [-0.39, 0.29) is 67.9 Å². The van der Waals surface area contributed by atoms with Crippen molar-refractivity contribution in [3.05, 3.63) is 119 Å². The van der Waals surface area contributed by atoms with Crippen LogP contribution in [0.5, 0.6) is 23.0 Å². The van der Waals surface area contributed by atoms with Crippen molar-refractivity contribution in [1.82, 2.24) is 0 Å². The fourth-order valence-electron chi connectivity index (χ4n) is 13.3. The summed E-state index contributed by atoms with van der Waals surface area (Å²) in [6, 6.07) is 29.7. The van der Waals surface area contributed by atoms with Crippen LogP contribution in [0.15, 0.2) is 97.1 Å². The van der Waals surface area contributed by atoms with Crippen molar-refractivity contribution >= 4 is 23.9 Å². The summed E-state index contributed by atoms with van der Waals surface area (Å²) in [6.45, 7) is 56.2. The smallest absolute Gasteiger partial charge is 0.312 e. The van der Waals surface area contributed by atoms with E-state index < -0.39 is 0 Å². The second-order valence-electron chi connectivity index (χ2n) is 36.5. The van der Waals surface area contributed by atoms with Gasteiger partial charge in [-0.15, -0.1) is 0 Å². The predicted molar refractivity (Wildman–Crippen MR) is 461 cm³/mol. The van der Waals surface area contributed by atoms with Crippen LogP contribution >= 0.6 is 0 Å². The summed E-state index contributed by atoms with van der Waals surface area (Å²) in [6.07, 6.45) is 31.3. The Kier molecular flexibility index (Phi) is 45.9. The molecule has 110 heavy (non-hydrogen) atoms. The molecule has 4 unspecified atom stereocenters. The van der Waals surface area contributed by atoms with Gasteiger partial charge in [0.15, 0.2) is 0 Å². The first-order valence-corrected chi connectivity index (χ1v) is 43.4. The lowest BCUT2D eigenvalue weighted by atomic mass is 9.75. The molecule has 0 aliphatic heterocycles. The van der Waals surface area contributed by atoms with E-state index in [0.717, 1.165) is 95.8 Å². The maximum absolute atomic E-state index is 12.2. The molecule has 0 bridgehead atoms. The van der Waals surface area contributed by atoms with Crippen molar-refractivity contribution in [3.8, 4) is 23.0 Å². The van der Waals surface area contributed by atoms with Gasteiger partial charge in [-0.05, 0) is 337 Å². The van der Waals surface area contributed by atoms with Gasteiger partial charge < -0.3 is 39.4 Å². The highest BCUT2D eigenvalue weighted by atomic mass is 16.6. The Bertz CT molecular complexity index is 2920. The van der Waals surface area contributed by atoms with Crippen LogP contribution in [0.4, 0.5) is 0 Å². The molecule has 4 atom stereocenters. The van der Waals surface area contributed by atoms with Gasteiger partial charge in [-0.3, -0.25) is 19.2 Å². The first-order chi connectivity index (χ1) is 51.3. The zero-order chi connectivity index (χ0) is 83.9. The van der Waals surface area contributed by atoms with Crippen LogP contribution in [-0.2, 0) is 38.1 Å². The lowest BCUT2D eigenvalue weighted by molar-refractivity contribution is -0.175. The van der Waals surface area contributed by atoms with E-state index in [1.165, 1.54) is 112 Å². The molecule has 4 aliphatic rings. The van der Waals surface area contributed by atoms with E-state index >= 15 is 0 Å². The molecule has 0 spiro atoms. The van der Waals surface area contributed by atoms with E-state index in [9.17, 15) is 19.2 Å². The normalized spacial score (nSPS) is 18.1. The third-order valence-corrected chi connectivity index (χ3v) is 25.5. The Morgan fingerprint density at radius 3 is 0.782 bits per heavy atom. The van der Waals surface area contributed by atoms with Crippen molar-refractivity contribution < 1.29 is 58.6 Å². The van der Waals surface area contributed by atoms with Crippen molar-refractivity contribution in [1.29, 1.82) is 0 Å². The Morgan fingerprint density at radius 2 is 0.555 bits per heavy atom. The first kappa shape index (κ1) is 102. The number of ether oxygens (including phenoxy) is 4. The van der Waals surface area contributed by atoms with E-state index in [2.05, 4.69) is 104 Å². The Hall–Kier alpha value is -6.04. The first-order valence-electron chi connectivity index (χ1n) is 43.4. The summed E-state index contributed by atoms with van der Waals surface area (Å²) < 4.78 is 23.2. The lowest BCUT2D eigenvalue weighted by Crippen LogP contribution is -2.42. The van der Waals surface area contributed by atoms with Gasteiger partial charge >= 0.3 is 23.9 Å². The van der Waals surface area contributed by atoms with Crippen LogP contribution in [0, 0.1) is 39.4 Å². The molecule has 4 aromatic carbocycles. The fourth-order valence-corrected chi connectivity index (χ4v) is 13.3.